The molecule has 1 aliphatic heterocycles. The molecule has 0 spiro atoms. The van der Waals surface area contributed by atoms with E-state index in [4.69, 9.17) is 9.47 Å². The Bertz CT molecular complexity index is 893. The molecule has 1 aliphatic rings. The minimum atomic E-state index is -0.132. The van der Waals surface area contributed by atoms with Crippen LogP contribution in [0.5, 0.6) is 5.75 Å². The molecule has 0 radical (unpaired) electrons. The molecule has 0 aliphatic carbocycles. The summed E-state index contributed by atoms with van der Waals surface area (Å²) < 4.78 is 11.3. The van der Waals surface area contributed by atoms with Gasteiger partial charge in [-0.1, -0.05) is 36.4 Å². The van der Waals surface area contributed by atoms with E-state index in [1.54, 1.807) is 12.1 Å². The fourth-order valence-corrected chi connectivity index (χ4v) is 3.20. The summed E-state index contributed by atoms with van der Waals surface area (Å²) >= 11 is 0. The first-order valence-corrected chi connectivity index (χ1v) is 8.93. The molecule has 0 saturated carbocycles. The lowest BCUT2D eigenvalue weighted by atomic mass is 10.1. The molecule has 1 atom stereocenters. The van der Waals surface area contributed by atoms with Gasteiger partial charge in [0.2, 0.25) is 0 Å². The number of benzene rings is 3. The number of anilines is 1. The number of amides is 1. The fraction of sp³-hybridized carbons (Fsp3) is 0.227. The SMILES string of the molecule is O=C(Nc1cccc2ccccc12)c1ccc(OC[C@H]2CCCO2)cc1. The lowest BCUT2D eigenvalue weighted by Crippen LogP contribution is -2.16. The zero-order valence-electron chi connectivity index (χ0n) is 14.5. The molecule has 1 N–H and O–H groups in total. The van der Waals surface area contributed by atoms with Crippen LogP contribution in [0.25, 0.3) is 10.8 Å². The number of fused-ring (bicyclic) bond motifs is 1. The quantitative estimate of drug-likeness (QED) is 0.731. The van der Waals surface area contributed by atoms with Crippen molar-refractivity contribution in [3.8, 4) is 5.75 Å². The van der Waals surface area contributed by atoms with Gasteiger partial charge in [0, 0.05) is 23.2 Å². The van der Waals surface area contributed by atoms with Crippen LogP contribution in [0, 0.1) is 0 Å². The first-order chi connectivity index (χ1) is 12.8. The summed E-state index contributed by atoms with van der Waals surface area (Å²) in [5.74, 6) is 0.620. The van der Waals surface area contributed by atoms with Crippen LogP contribution in [0.1, 0.15) is 23.2 Å². The second-order valence-electron chi connectivity index (χ2n) is 6.45. The van der Waals surface area contributed by atoms with Crippen molar-refractivity contribution in [2.24, 2.45) is 0 Å². The standard InChI is InChI=1S/C22H21NO3/c24-22(23-21-9-3-6-16-5-1-2-8-20(16)21)17-10-12-18(13-11-17)26-15-19-7-4-14-25-19/h1-3,5-6,8-13,19H,4,7,14-15H2,(H,23,24)/t19-/m1/s1. The molecule has 26 heavy (non-hydrogen) atoms. The molecular formula is C22H21NO3. The largest absolute Gasteiger partial charge is 0.491 e. The van der Waals surface area contributed by atoms with E-state index in [1.165, 1.54) is 0 Å². The third kappa shape index (κ3) is 3.70. The highest BCUT2D eigenvalue weighted by molar-refractivity contribution is 6.09. The monoisotopic (exact) mass is 347 g/mol. The van der Waals surface area contributed by atoms with Crippen molar-refractivity contribution in [1.29, 1.82) is 0 Å². The average Bonchev–Trinajstić information content (AvgIpc) is 3.21. The molecule has 1 amide bonds. The molecule has 0 unspecified atom stereocenters. The van der Waals surface area contributed by atoms with Gasteiger partial charge in [0.15, 0.2) is 0 Å². The van der Waals surface area contributed by atoms with Crippen LogP contribution in [-0.2, 0) is 4.74 Å². The van der Waals surface area contributed by atoms with Crippen molar-refractivity contribution in [3.05, 3.63) is 72.3 Å². The summed E-state index contributed by atoms with van der Waals surface area (Å²) in [6, 6.07) is 21.1. The van der Waals surface area contributed by atoms with Crippen LogP contribution in [-0.4, -0.2) is 25.2 Å². The Morgan fingerprint density at radius 3 is 2.65 bits per heavy atom. The van der Waals surface area contributed by atoms with Crippen molar-refractivity contribution in [1.82, 2.24) is 0 Å². The van der Waals surface area contributed by atoms with Crippen LogP contribution in [0.2, 0.25) is 0 Å². The molecule has 1 heterocycles. The van der Waals surface area contributed by atoms with Crippen molar-refractivity contribution < 1.29 is 14.3 Å². The van der Waals surface area contributed by atoms with Gasteiger partial charge in [-0.15, -0.1) is 0 Å². The van der Waals surface area contributed by atoms with E-state index >= 15 is 0 Å². The Morgan fingerprint density at radius 2 is 1.85 bits per heavy atom. The van der Waals surface area contributed by atoms with Crippen LogP contribution in [0.3, 0.4) is 0 Å². The molecule has 4 nitrogen and oxygen atoms in total. The van der Waals surface area contributed by atoms with Gasteiger partial charge in [-0.3, -0.25) is 4.79 Å². The number of ether oxygens (including phenoxy) is 2. The van der Waals surface area contributed by atoms with Gasteiger partial charge < -0.3 is 14.8 Å². The van der Waals surface area contributed by atoms with Crippen LogP contribution in [0.15, 0.2) is 66.7 Å². The summed E-state index contributed by atoms with van der Waals surface area (Å²) in [6.45, 7) is 1.38. The van der Waals surface area contributed by atoms with Gasteiger partial charge in [-0.05, 0) is 48.6 Å². The third-order valence-corrected chi connectivity index (χ3v) is 4.61. The average molecular weight is 347 g/mol. The highest BCUT2D eigenvalue weighted by atomic mass is 16.5. The van der Waals surface area contributed by atoms with Crippen molar-refractivity contribution >= 4 is 22.4 Å². The molecule has 3 aromatic carbocycles. The van der Waals surface area contributed by atoms with Gasteiger partial charge in [-0.2, -0.15) is 0 Å². The van der Waals surface area contributed by atoms with Gasteiger partial charge in [0.25, 0.3) is 5.91 Å². The summed E-state index contributed by atoms with van der Waals surface area (Å²) in [7, 11) is 0. The maximum absolute atomic E-state index is 12.6. The Hall–Kier alpha value is -2.85. The fourth-order valence-electron chi connectivity index (χ4n) is 3.20. The second-order valence-corrected chi connectivity index (χ2v) is 6.45. The molecular weight excluding hydrogens is 326 g/mol. The van der Waals surface area contributed by atoms with E-state index in [1.807, 2.05) is 54.6 Å². The highest BCUT2D eigenvalue weighted by Crippen LogP contribution is 2.24. The number of rotatable bonds is 5. The Kier molecular flexibility index (Phi) is 4.84. The summed E-state index contributed by atoms with van der Waals surface area (Å²) in [5, 5.41) is 5.13. The van der Waals surface area contributed by atoms with E-state index in [0.717, 1.165) is 41.7 Å². The maximum atomic E-state index is 12.6. The number of carbonyl (C=O) groups is 1. The van der Waals surface area contributed by atoms with E-state index in [2.05, 4.69) is 5.32 Å². The molecule has 3 aromatic rings. The molecule has 132 valence electrons. The smallest absolute Gasteiger partial charge is 0.255 e. The summed E-state index contributed by atoms with van der Waals surface area (Å²) in [5.41, 5.74) is 1.41. The third-order valence-electron chi connectivity index (χ3n) is 4.61. The van der Waals surface area contributed by atoms with Gasteiger partial charge >= 0.3 is 0 Å². The number of hydrogen-bond acceptors (Lipinski definition) is 3. The first-order valence-electron chi connectivity index (χ1n) is 8.93. The lowest BCUT2D eigenvalue weighted by Gasteiger charge is -2.12. The topological polar surface area (TPSA) is 47.6 Å². The predicted molar refractivity (Wildman–Crippen MR) is 103 cm³/mol. The number of hydrogen-bond donors (Lipinski definition) is 1. The van der Waals surface area contributed by atoms with E-state index in [-0.39, 0.29) is 12.0 Å². The maximum Gasteiger partial charge on any atom is 0.255 e. The van der Waals surface area contributed by atoms with Gasteiger partial charge in [-0.25, -0.2) is 0 Å². The Balaban J connectivity index is 1.42. The van der Waals surface area contributed by atoms with Crippen molar-refractivity contribution in [2.75, 3.05) is 18.5 Å². The van der Waals surface area contributed by atoms with Crippen LogP contribution in [0.4, 0.5) is 5.69 Å². The van der Waals surface area contributed by atoms with Crippen molar-refractivity contribution in [2.45, 2.75) is 18.9 Å². The first kappa shape index (κ1) is 16.6. The molecule has 1 fully saturated rings. The summed E-state index contributed by atoms with van der Waals surface area (Å²) in [4.78, 5) is 12.6. The van der Waals surface area contributed by atoms with Crippen LogP contribution >= 0.6 is 0 Å². The molecule has 0 bridgehead atoms. The van der Waals surface area contributed by atoms with Gasteiger partial charge in [0.1, 0.15) is 12.4 Å². The Morgan fingerprint density at radius 1 is 1.04 bits per heavy atom. The summed E-state index contributed by atoms with van der Waals surface area (Å²) in [6.07, 6.45) is 2.33. The minimum Gasteiger partial charge on any atom is -0.491 e. The van der Waals surface area contributed by atoms with Crippen LogP contribution < -0.4 is 10.1 Å². The molecule has 1 saturated heterocycles. The minimum absolute atomic E-state index is 0.132. The second kappa shape index (κ2) is 7.58. The van der Waals surface area contributed by atoms with E-state index in [9.17, 15) is 4.79 Å². The zero-order valence-corrected chi connectivity index (χ0v) is 14.5. The Labute approximate surface area is 152 Å². The van der Waals surface area contributed by atoms with E-state index in [0.29, 0.717) is 12.2 Å². The van der Waals surface area contributed by atoms with Crippen molar-refractivity contribution in [3.63, 3.8) is 0 Å². The number of carbonyl (C=O) groups excluding carboxylic acids is 1. The van der Waals surface area contributed by atoms with E-state index < -0.39 is 0 Å². The zero-order chi connectivity index (χ0) is 17.8. The number of nitrogens with one attached hydrogen (secondary N) is 1. The normalized spacial score (nSPS) is 16.5. The molecule has 4 heteroatoms. The lowest BCUT2D eigenvalue weighted by molar-refractivity contribution is 0.0679. The highest BCUT2D eigenvalue weighted by Gasteiger charge is 2.16. The molecule has 4 rings (SSSR count). The predicted octanol–water partition coefficient (Wildman–Crippen LogP) is 4.65. The molecule has 0 aromatic heterocycles. The van der Waals surface area contributed by atoms with Gasteiger partial charge in [0.05, 0.1) is 6.10 Å².